The molecule has 2 nitrogen and oxygen atoms in total. The molecule has 0 radical (unpaired) electrons. The van der Waals surface area contributed by atoms with E-state index in [1.807, 2.05) is 55.2 Å². The van der Waals surface area contributed by atoms with E-state index in [2.05, 4.69) is 0 Å². The monoisotopic (exact) mass is 310 g/mol. The SMILES string of the molecule is Cc1cc(C(=O)O)c(C)c2c1SCC1=C2SCCS1. The van der Waals surface area contributed by atoms with Crippen molar-refractivity contribution in [3.63, 3.8) is 0 Å². The van der Waals surface area contributed by atoms with E-state index in [-0.39, 0.29) is 0 Å². The first-order chi connectivity index (χ1) is 9.09. The van der Waals surface area contributed by atoms with Gasteiger partial charge in [0, 0.05) is 37.5 Å². The van der Waals surface area contributed by atoms with E-state index in [1.54, 1.807) is 0 Å². The van der Waals surface area contributed by atoms with Gasteiger partial charge in [0.1, 0.15) is 0 Å². The average molecular weight is 310 g/mol. The van der Waals surface area contributed by atoms with E-state index in [1.165, 1.54) is 20.3 Å². The number of rotatable bonds is 1. The lowest BCUT2D eigenvalue weighted by Crippen LogP contribution is -2.11. The van der Waals surface area contributed by atoms with Gasteiger partial charge < -0.3 is 5.11 Å². The van der Waals surface area contributed by atoms with Crippen molar-refractivity contribution in [3.8, 4) is 0 Å². The summed E-state index contributed by atoms with van der Waals surface area (Å²) in [4.78, 5) is 15.4. The highest BCUT2D eigenvalue weighted by molar-refractivity contribution is 8.14. The Hall–Kier alpha value is -0.520. The van der Waals surface area contributed by atoms with Gasteiger partial charge in [-0.2, -0.15) is 0 Å². The Morgan fingerprint density at radius 3 is 2.68 bits per heavy atom. The lowest BCUT2D eigenvalue weighted by molar-refractivity contribution is 0.0696. The van der Waals surface area contributed by atoms with Crippen molar-refractivity contribution in [2.24, 2.45) is 0 Å². The lowest BCUT2D eigenvalue weighted by Gasteiger charge is -2.28. The van der Waals surface area contributed by atoms with Crippen LogP contribution in [0.1, 0.15) is 27.0 Å². The Morgan fingerprint density at radius 1 is 1.21 bits per heavy atom. The van der Waals surface area contributed by atoms with Crippen molar-refractivity contribution in [2.75, 3.05) is 17.3 Å². The summed E-state index contributed by atoms with van der Waals surface area (Å²) in [5.41, 5.74) is 3.64. The van der Waals surface area contributed by atoms with Crippen molar-refractivity contribution in [1.29, 1.82) is 0 Å². The molecule has 2 aliphatic rings. The van der Waals surface area contributed by atoms with Gasteiger partial charge in [-0.25, -0.2) is 4.79 Å². The summed E-state index contributed by atoms with van der Waals surface area (Å²) in [6, 6.07) is 1.82. The molecule has 0 saturated heterocycles. The predicted octanol–water partition coefficient (Wildman–Crippen LogP) is 4.26. The Bertz CT molecular complexity index is 605. The number of fused-ring (bicyclic) bond motifs is 2. The molecule has 2 heterocycles. The van der Waals surface area contributed by atoms with Gasteiger partial charge >= 0.3 is 5.97 Å². The summed E-state index contributed by atoms with van der Waals surface area (Å²) in [6.45, 7) is 3.96. The van der Waals surface area contributed by atoms with Crippen LogP contribution in [0.15, 0.2) is 15.9 Å². The molecule has 0 aliphatic carbocycles. The van der Waals surface area contributed by atoms with Crippen molar-refractivity contribution < 1.29 is 9.90 Å². The quantitative estimate of drug-likeness (QED) is 0.839. The Balaban J connectivity index is 2.27. The summed E-state index contributed by atoms with van der Waals surface area (Å²) in [7, 11) is 0. The van der Waals surface area contributed by atoms with E-state index in [0.29, 0.717) is 5.56 Å². The Morgan fingerprint density at radius 2 is 1.95 bits per heavy atom. The molecule has 0 bridgehead atoms. The Kier molecular flexibility index (Phi) is 3.62. The van der Waals surface area contributed by atoms with Crippen LogP contribution in [0.25, 0.3) is 4.91 Å². The van der Waals surface area contributed by atoms with E-state index >= 15 is 0 Å². The van der Waals surface area contributed by atoms with Crippen LogP contribution in [-0.4, -0.2) is 28.3 Å². The smallest absolute Gasteiger partial charge is 0.335 e. The zero-order chi connectivity index (χ0) is 13.6. The highest BCUT2D eigenvalue weighted by atomic mass is 32.2. The molecule has 0 saturated carbocycles. The fraction of sp³-hybridized carbons (Fsp3) is 0.357. The minimum atomic E-state index is -0.824. The summed E-state index contributed by atoms with van der Waals surface area (Å²) < 4.78 is 0. The number of carboxylic acids is 1. The lowest BCUT2D eigenvalue weighted by atomic mass is 9.98. The molecule has 1 N–H and O–H groups in total. The predicted molar refractivity (Wildman–Crippen MR) is 85.4 cm³/mol. The van der Waals surface area contributed by atoms with Crippen molar-refractivity contribution >= 4 is 46.2 Å². The third-order valence-corrected chi connectivity index (χ3v) is 7.46. The second-order valence-corrected chi connectivity index (χ2v) is 7.89. The molecule has 100 valence electrons. The molecule has 2 aliphatic heterocycles. The highest BCUT2D eigenvalue weighted by Crippen LogP contribution is 2.51. The van der Waals surface area contributed by atoms with Crippen LogP contribution in [0.5, 0.6) is 0 Å². The van der Waals surface area contributed by atoms with Gasteiger partial charge in [-0.05, 0) is 31.0 Å². The number of hydrogen-bond donors (Lipinski definition) is 1. The van der Waals surface area contributed by atoms with Gasteiger partial charge in [0.2, 0.25) is 0 Å². The second kappa shape index (κ2) is 5.11. The minimum Gasteiger partial charge on any atom is -0.478 e. The summed E-state index contributed by atoms with van der Waals surface area (Å²) in [5.74, 6) is 2.49. The largest absolute Gasteiger partial charge is 0.478 e. The first-order valence-corrected chi connectivity index (χ1v) is 9.04. The first kappa shape index (κ1) is 13.5. The fourth-order valence-corrected chi connectivity index (χ4v) is 6.59. The van der Waals surface area contributed by atoms with E-state index in [0.717, 1.165) is 28.4 Å². The normalized spacial score (nSPS) is 18.0. The zero-order valence-electron chi connectivity index (χ0n) is 10.8. The molecule has 1 aromatic rings. The molecule has 0 atom stereocenters. The van der Waals surface area contributed by atoms with Gasteiger partial charge in [0.25, 0.3) is 0 Å². The molecule has 3 rings (SSSR count). The number of hydrogen-bond acceptors (Lipinski definition) is 4. The maximum Gasteiger partial charge on any atom is 0.335 e. The molecule has 0 unspecified atom stereocenters. The highest BCUT2D eigenvalue weighted by Gasteiger charge is 2.28. The van der Waals surface area contributed by atoms with E-state index in [9.17, 15) is 9.90 Å². The maximum absolute atomic E-state index is 11.4. The number of benzene rings is 1. The van der Waals surface area contributed by atoms with Gasteiger partial charge in [-0.1, -0.05) is 0 Å². The first-order valence-electron chi connectivity index (χ1n) is 6.09. The fourth-order valence-electron chi connectivity index (χ4n) is 2.49. The topological polar surface area (TPSA) is 37.3 Å². The summed E-state index contributed by atoms with van der Waals surface area (Å²) >= 11 is 5.67. The van der Waals surface area contributed by atoms with Gasteiger partial charge in [0.05, 0.1) is 5.56 Å². The maximum atomic E-state index is 11.4. The summed E-state index contributed by atoms with van der Waals surface area (Å²) in [5, 5.41) is 9.35. The van der Waals surface area contributed by atoms with Crippen LogP contribution in [0, 0.1) is 13.8 Å². The van der Waals surface area contributed by atoms with Crippen molar-refractivity contribution in [3.05, 3.63) is 33.2 Å². The van der Waals surface area contributed by atoms with Crippen LogP contribution >= 0.6 is 35.3 Å². The van der Waals surface area contributed by atoms with Gasteiger partial charge in [-0.3, -0.25) is 0 Å². The van der Waals surface area contributed by atoms with E-state index < -0.39 is 5.97 Å². The molecule has 5 heteroatoms. The van der Waals surface area contributed by atoms with Crippen LogP contribution in [0.3, 0.4) is 0 Å². The zero-order valence-corrected chi connectivity index (χ0v) is 13.2. The number of carboxylic acid groups (broad SMARTS) is 1. The number of aromatic carboxylic acids is 1. The third kappa shape index (κ3) is 2.22. The molecule has 19 heavy (non-hydrogen) atoms. The van der Waals surface area contributed by atoms with Crippen molar-refractivity contribution in [1.82, 2.24) is 0 Å². The average Bonchev–Trinajstić information content (AvgIpc) is 2.41. The van der Waals surface area contributed by atoms with E-state index in [4.69, 9.17) is 0 Å². The molecular weight excluding hydrogens is 296 g/mol. The standard InChI is InChI=1S/C14H14O2S3/c1-7-5-9(14(15)16)8(2)11-12(7)19-6-10-13(11)18-4-3-17-10/h5H,3-4,6H2,1-2H3,(H,15,16). The van der Waals surface area contributed by atoms with Gasteiger partial charge in [-0.15, -0.1) is 35.3 Å². The van der Waals surface area contributed by atoms with Crippen molar-refractivity contribution in [2.45, 2.75) is 18.7 Å². The molecule has 0 aromatic heterocycles. The number of carbonyl (C=O) groups is 1. The van der Waals surface area contributed by atoms with Gasteiger partial charge in [0.15, 0.2) is 0 Å². The van der Waals surface area contributed by atoms with Crippen LogP contribution in [-0.2, 0) is 0 Å². The van der Waals surface area contributed by atoms with Crippen LogP contribution in [0.2, 0.25) is 0 Å². The van der Waals surface area contributed by atoms with Crippen LogP contribution in [0.4, 0.5) is 0 Å². The summed E-state index contributed by atoms with van der Waals surface area (Å²) in [6.07, 6.45) is 0. The third-order valence-electron chi connectivity index (χ3n) is 3.39. The Labute approximate surface area is 125 Å². The molecule has 1 aromatic carbocycles. The van der Waals surface area contributed by atoms with Crippen LogP contribution < -0.4 is 0 Å². The molecule has 0 spiro atoms. The minimum absolute atomic E-state index is 0.446. The number of thioether (sulfide) groups is 3. The molecule has 0 amide bonds. The second-order valence-electron chi connectivity index (χ2n) is 4.61. The molecular formula is C14H14O2S3. The molecule has 0 fully saturated rings. The number of aryl methyl sites for hydroxylation is 1.